The fraction of sp³-hybridized carbons (Fsp3) is 0.333. The van der Waals surface area contributed by atoms with Gasteiger partial charge in [0, 0.05) is 30.1 Å². The van der Waals surface area contributed by atoms with Crippen LogP contribution in [0, 0.1) is 0 Å². The van der Waals surface area contributed by atoms with Gasteiger partial charge < -0.3 is 14.7 Å². The predicted octanol–water partition coefficient (Wildman–Crippen LogP) is 3.40. The Morgan fingerprint density at radius 1 is 1.10 bits per heavy atom. The molecule has 1 N–H and O–H groups in total. The summed E-state index contributed by atoms with van der Waals surface area (Å²) in [6.07, 6.45) is 4.84. The number of aryl methyl sites for hydroxylation is 1. The Bertz CT molecular complexity index is 1110. The summed E-state index contributed by atoms with van der Waals surface area (Å²) < 4.78 is 5.32. The van der Waals surface area contributed by atoms with Crippen molar-refractivity contribution < 1.29 is 14.1 Å². The predicted molar refractivity (Wildman–Crippen MR) is 115 cm³/mol. The molecule has 1 fully saturated rings. The highest BCUT2D eigenvalue weighted by Crippen LogP contribution is 2.36. The van der Waals surface area contributed by atoms with Crippen LogP contribution in [0.3, 0.4) is 0 Å². The molecule has 0 bridgehead atoms. The fourth-order valence-electron chi connectivity index (χ4n) is 4.48. The summed E-state index contributed by atoms with van der Waals surface area (Å²) in [5.74, 6) is 0.630. The summed E-state index contributed by atoms with van der Waals surface area (Å²) in [5, 5.41) is 6.87. The van der Waals surface area contributed by atoms with E-state index >= 15 is 0 Å². The number of carbonyl (C=O) groups is 2. The Morgan fingerprint density at radius 2 is 1.94 bits per heavy atom. The van der Waals surface area contributed by atoms with E-state index in [9.17, 15) is 9.59 Å². The van der Waals surface area contributed by atoms with E-state index in [0.29, 0.717) is 30.2 Å². The third-order valence-electron chi connectivity index (χ3n) is 6.07. The van der Waals surface area contributed by atoms with Gasteiger partial charge in [0.2, 0.25) is 11.8 Å². The molecule has 1 atom stereocenters. The third-order valence-corrected chi connectivity index (χ3v) is 6.07. The Kier molecular flexibility index (Phi) is 5.24. The Balaban J connectivity index is 1.26. The molecule has 2 heterocycles. The van der Waals surface area contributed by atoms with Gasteiger partial charge in [-0.15, -0.1) is 0 Å². The first-order valence-corrected chi connectivity index (χ1v) is 10.8. The number of nitrogens with zero attached hydrogens (tertiary/aromatic N) is 3. The SMILES string of the molecule is O=C(NCc1nc(C2CC(=O)N(c3cccc4c3CCCC4)C2)no1)c1ccccc1. The molecule has 7 nitrogen and oxygen atoms in total. The van der Waals surface area contributed by atoms with Gasteiger partial charge in [0.05, 0.1) is 6.54 Å². The second-order valence-corrected chi connectivity index (χ2v) is 8.12. The number of benzene rings is 2. The second-order valence-electron chi connectivity index (χ2n) is 8.12. The van der Waals surface area contributed by atoms with Crippen molar-refractivity contribution >= 4 is 17.5 Å². The first-order chi connectivity index (χ1) is 15.2. The van der Waals surface area contributed by atoms with Crippen molar-refractivity contribution in [3.8, 4) is 0 Å². The minimum Gasteiger partial charge on any atom is -0.343 e. The molecule has 0 spiro atoms. The maximum absolute atomic E-state index is 12.8. The van der Waals surface area contributed by atoms with Gasteiger partial charge in [0.25, 0.3) is 5.91 Å². The zero-order valence-corrected chi connectivity index (χ0v) is 17.2. The number of anilines is 1. The molecule has 1 aliphatic carbocycles. The third kappa shape index (κ3) is 3.95. The van der Waals surface area contributed by atoms with Crippen molar-refractivity contribution in [2.24, 2.45) is 0 Å². The lowest BCUT2D eigenvalue weighted by Crippen LogP contribution is -2.26. The number of rotatable bonds is 5. The Labute approximate surface area is 180 Å². The molecule has 7 heteroatoms. The quantitative estimate of drug-likeness (QED) is 0.689. The number of hydrogen-bond donors (Lipinski definition) is 1. The molecule has 2 amide bonds. The highest BCUT2D eigenvalue weighted by Gasteiger charge is 2.36. The largest absolute Gasteiger partial charge is 0.343 e. The first-order valence-electron chi connectivity index (χ1n) is 10.8. The van der Waals surface area contributed by atoms with E-state index in [-0.39, 0.29) is 24.3 Å². The topological polar surface area (TPSA) is 88.3 Å². The Morgan fingerprint density at radius 3 is 2.81 bits per heavy atom. The van der Waals surface area contributed by atoms with E-state index in [1.807, 2.05) is 35.2 Å². The fourth-order valence-corrected chi connectivity index (χ4v) is 4.48. The number of fused-ring (bicyclic) bond motifs is 1. The van der Waals surface area contributed by atoms with Crippen molar-refractivity contribution in [2.75, 3.05) is 11.4 Å². The highest BCUT2D eigenvalue weighted by atomic mass is 16.5. The molecule has 2 aliphatic rings. The zero-order valence-electron chi connectivity index (χ0n) is 17.2. The summed E-state index contributed by atoms with van der Waals surface area (Å²) in [6, 6.07) is 15.2. The van der Waals surface area contributed by atoms with Gasteiger partial charge in [-0.2, -0.15) is 4.98 Å². The second kappa shape index (κ2) is 8.34. The van der Waals surface area contributed by atoms with Crippen LogP contribution in [0.5, 0.6) is 0 Å². The van der Waals surface area contributed by atoms with E-state index in [2.05, 4.69) is 21.5 Å². The van der Waals surface area contributed by atoms with Gasteiger partial charge in [0.15, 0.2) is 5.82 Å². The van der Waals surface area contributed by atoms with E-state index in [1.165, 1.54) is 24.0 Å². The van der Waals surface area contributed by atoms with Crippen LogP contribution in [0.25, 0.3) is 0 Å². The highest BCUT2D eigenvalue weighted by molar-refractivity contribution is 5.97. The number of aromatic nitrogens is 2. The molecule has 1 saturated heterocycles. The summed E-state index contributed by atoms with van der Waals surface area (Å²) in [6.45, 7) is 0.696. The van der Waals surface area contributed by atoms with Crippen LogP contribution in [0.1, 0.15) is 58.4 Å². The van der Waals surface area contributed by atoms with E-state index < -0.39 is 0 Å². The Hall–Kier alpha value is -3.48. The van der Waals surface area contributed by atoms with Crippen LogP contribution in [0.2, 0.25) is 0 Å². The van der Waals surface area contributed by atoms with Gasteiger partial charge in [-0.1, -0.05) is 35.5 Å². The van der Waals surface area contributed by atoms with E-state index in [0.717, 1.165) is 18.5 Å². The van der Waals surface area contributed by atoms with Gasteiger partial charge in [-0.25, -0.2) is 0 Å². The smallest absolute Gasteiger partial charge is 0.251 e. The van der Waals surface area contributed by atoms with Gasteiger partial charge >= 0.3 is 0 Å². The maximum atomic E-state index is 12.8. The molecule has 5 rings (SSSR count). The lowest BCUT2D eigenvalue weighted by molar-refractivity contribution is -0.117. The summed E-state index contributed by atoms with van der Waals surface area (Å²) in [7, 11) is 0. The zero-order chi connectivity index (χ0) is 21.2. The molecule has 3 aromatic rings. The molecule has 2 aromatic carbocycles. The van der Waals surface area contributed by atoms with Crippen LogP contribution >= 0.6 is 0 Å². The van der Waals surface area contributed by atoms with Gasteiger partial charge in [-0.3, -0.25) is 9.59 Å². The van der Waals surface area contributed by atoms with E-state index in [1.54, 1.807) is 12.1 Å². The minimum atomic E-state index is -0.198. The van der Waals surface area contributed by atoms with Crippen LogP contribution in [-0.4, -0.2) is 28.5 Å². The minimum absolute atomic E-state index is 0.0905. The van der Waals surface area contributed by atoms with Gasteiger partial charge in [-0.05, 0) is 55.0 Å². The summed E-state index contributed by atoms with van der Waals surface area (Å²) in [5.41, 5.74) is 4.27. The number of nitrogens with one attached hydrogen (secondary N) is 1. The van der Waals surface area contributed by atoms with Crippen molar-refractivity contribution in [1.82, 2.24) is 15.5 Å². The molecular formula is C24H24N4O3. The molecule has 1 unspecified atom stereocenters. The lowest BCUT2D eigenvalue weighted by Gasteiger charge is -2.25. The molecule has 158 valence electrons. The average Bonchev–Trinajstić information content (AvgIpc) is 3.44. The standard InChI is InChI=1S/C24H24N4O3/c29-22-13-18(15-28(22)20-12-6-10-16-7-4-5-11-19(16)20)23-26-21(31-27-23)14-25-24(30)17-8-2-1-3-9-17/h1-3,6,8-10,12,18H,4-5,7,11,13-15H2,(H,25,30). The van der Waals surface area contributed by atoms with Crippen LogP contribution in [0.15, 0.2) is 53.1 Å². The number of amides is 2. The van der Waals surface area contributed by atoms with Crippen molar-refractivity contribution in [2.45, 2.75) is 44.6 Å². The molecule has 1 aromatic heterocycles. The first kappa shape index (κ1) is 19.5. The van der Waals surface area contributed by atoms with Crippen LogP contribution in [0.4, 0.5) is 5.69 Å². The van der Waals surface area contributed by atoms with Crippen molar-refractivity contribution in [1.29, 1.82) is 0 Å². The van der Waals surface area contributed by atoms with Crippen LogP contribution in [-0.2, 0) is 24.2 Å². The number of hydrogen-bond acceptors (Lipinski definition) is 5. The molecule has 0 saturated carbocycles. The molecule has 31 heavy (non-hydrogen) atoms. The summed E-state index contributed by atoms with van der Waals surface area (Å²) in [4.78, 5) is 31.3. The van der Waals surface area contributed by atoms with Crippen molar-refractivity contribution in [3.05, 3.63) is 76.9 Å². The molecule has 0 radical (unpaired) electrons. The van der Waals surface area contributed by atoms with Crippen LogP contribution < -0.4 is 10.2 Å². The average molecular weight is 416 g/mol. The van der Waals surface area contributed by atoms with Gasteiger partial charge in [0.1, 0.15) is 0 Å². The molecular weight excluding hydrogens is 392 g/mol. The van der Waals surface area contributed by atoms with E-state index in [4.69, 9.17) is 4.52 Å². The maximum Gasteiger partial charge on any atom is 0.251 e. The lowest BCUT2D eigenvalue weighted by atomic mass is 9.90. The molecule has 1 aliphatic heterocycles. The summed E-state index contributed by atoms with van der Waals surface area (Å²) >= 11 is 0. The number of carbonyl (C=O) groups excluding carboxylic acids is 2. The monoisotopic (exact) mass is 416 g/mol. The normalized spacial score (nSPS) is 18.1. The van der Waals surface area contributed by atoms with Crippen molar-refractivity contribution in [3.63, 3.8) is 0 Å².